The molecule has 1 aromatic heterocycles. The van der Waals surface area contributed by atoms with Crippen LogP contribution in [0.15, 0.2) is 78.9 Å². The Kier molecular flexibility index (Phi) is 3.31. The van der Waals surface area contributed by atoms with Crippen molar-refractivity contribution in [2.75, 3.05) is 7.11 Å². The Morgan fingerprint density at radius 2 is 1.48 bits per heavy atom. The molecule has 0 fully saturated rings. The zero-order valence-corrected chi connectivity index (χ0v) is 12.8. The molecule has 0 aliphatic rings. The maximum atomic E-state index is 5.24. The summed E-state index contributed by atoms with van der Waals surface area (Å²) in [6.45, 7) is 0. The molecule has 4 rings (SSSR count). The van der Waals surface area contributed by atoms with Crippen LogP contribution in [0.25, 0.3) is 27.8 Å². The smallest absolute Gasteiger partial charge is 0.118 e. The highest BCUT2D eigenvalue weighted by Gasteiger charge is 2.12. The summed E-state index contributed by atoms with van der Waals surface area (Å²) in [5, 5.41) is 6.00. The number of aromatic nitrogens is 2. The van der Waals surface area contributed by atoms with Crippen molar-refractivity contribution >= 4 is 10.9 Å². The number of fused-ring (bicyclic) bond motifs is 1. The topological polar surface area (TPSA) is 27.1 Å². The standard InChI is InChI=1S/C20H16N2O/c1-23-17-13-11-15(12-14-17)20-18-9-5-6-10-19(18)22(21-20)16-7-3-2-4-8-16/h2-14H,1H3. The van der Waals surface area contributed by atoms with Gasteiger partial charge in [-0.15, -0.1) is 0 Å². The first-order valence-electron chi connectivity index (χ1n) is 7.54. The molecule has 0 unspecified atom stereocenters. The van der Waals surface area contributed by atoms with Gasteiger partial charge in [0.15, 0.2) is 0 Å². The van der Waals surface area contributed by atoms with Gasteiger partial charge in [0.25, 0.3) is 0 Å². The second kappa shape index (κ2) is 5.61. The van der Waals surface area contributed by atoms with Crippen molar-refractivity contribution in [3.63, 3.8) is 0 Å². The van der Waals surface area contributed by atoms with E-state index < -0.39 is 0 Å². The lowest BCUT2D eigenvalue weighted by atomic mass is 10.1. The quantitative estimate of drug-likeness (QED) is 0.548. The Labute approximate surface area is 134 Å². The highest BCUT2D eigenvalue weighted by atomic mass is 16.5. The third-order valence-corrected chi connectivity index (χ3v) is 3.95. The summed E-state index contributed by atoms with van der Waals surface area (Å²) in [5.74, 6) is 0.848. The summed E-state index contributed by atoms with van der Waals surface area (Å²) < 4.78 is 7.24. The van der Waals surface area contributed by atoms with Crippen molar-refractivity contribution in [3.05, 3.63) is 78.9 Å². The Morgan fingerprint density at radius 3 is 2.22 bits per heavy atom. The van der Waals surface area contributed by atoms with E-state index in [1.54, 1.807) is 7.11 Å². The molecule has 0 N–H and O–H groups in total. The van der Waals surface area contributed by atoms with Crippen LogP contribution < -0.4 is 4.74 Å². The van der Waals surface area contributed by atoms with E-state index in [1.807, 2.05) is 59.3 Å². The van der Waals surface area contributed by atoms with Gasteiger partial charge in [0.2, 0.25) is 0 Å². The number of ether oxygens (including phenoxy) is 1. The van der Waals surface area contributed by atoms with Crippen molar-refractivity contribution in [2.24, 2.45) is 0 Å². The SMILES string of the molecule is COc1ccc(-c2nn(-c3ccccc3)c3ccccc23)cc1. The molecule has 0 bridgehead atoms. The van der Waals surface area contributed by atoms with Gasteiger partial charge in [0, 0.05) is 10.9 Å². The molecule has 0 radical (unpaired) electrons. The molecular weight excluding hydrogens is 284 g/mol. The lowest BCUT2D eigenvalue weighted by molar-refractivity contribution is 0.415. The predicted molar refractivity (Wildman–Crippen MR) is 93.1 cm³/mol. The van der Waals surface area contributed by atoms with Gasteiger partial charge in [-0.1, -0.05) is 36.4 Å². The second-order valence-corrected chi connectivity index (χ2v) is 5.34. The van der Waals surface area contributed by atoms with Crippen LogP contribution in [0, 0.1) is 0 Å². The summed E-state index contributed by atoms with van der Waals surface area (Å²) in [6, 6.07) is 26.5. The van der Waals surface area contributed by atoms with Crippen molar-refractivity contribution in [1.82, 2.24) is 9.78 Å². The third kappa shape index (κ3) is 2.36. The van der Waals surface area contributed by atoms with E-state index >= 15 is 0 Å². The molecule has 23 heavy (non-hydrogen) atoms. The van der Waals surface area contributed by atoms with Gasteiger partial charge in [0.05, 0.1) is 18.3 Å². The highest BCUT2D eigenvalue weighted by molar-refractivity contribution is 5.94. The molecule has 3 nitrogen and oxygen atoms in total. The normalized spacial score (nSPS) is 10.8. The molecule has 0 saturated carbocycles. The fourth-order valence-corrected chi connectivity index (χ4v) is 2.79. The van der Waals surface area contributed by atoms with E-state index in [4.69, 9.17) is 9.84 Å². The van der Waals surface area contributed by atoms with Crippen LogP contribution in [-0.4, -0.2) is 16.9 Å². The van der Waals surface area contributed by atoms with Gasteiger partial charge >= 0.3 is 0 Å². The molecular formula is C20H16N2O. The molecule has 3 aromatic carbocycles. The first-order valence-corrected chi connectivity index (χ1v) is 7.54. The van der Waals surface area contributed by atoms with E-state index in [1.165, 1.54) is 0 Å². The molecule has 0 aliphatic heterocycles. The Bertz CT molecular complexity index is 940. The van der Waals surface area contributed by atoms with Crippen molar-refractivity contribution < 1.29 is 4.74 Å². The molecule has 0 spiro atoms. The van der Waals surface area contributed by atoms with E-state index in [0.717, 1.165) is 33.6 Å². The number of para-hydroxylation sites is 2. The maximum absolute atomic E-state index is 5.24. The average molecular weight is 300 g/mol. The number of rotatable bonds is 3. The van der Waals surface area contributed by atoms with Crippen LogP contribution in [0.2, 0.25) is 0 Å². The Morgan fingerprint density at radius 1 is 0.783 bits per heavy atom. The summed E-state index contributed by atoms with van der Waals surface area (Å²) in [5.41, 5.74) is 4.22. The van der Waals surface area contributed by atoms with E-state index in [9.17, 15) is 0 Å². The van der Waals surface area contributed by atoms with Gasteiger partial charge in [-0.05, 0) is 42.5 Å². The van der Waals surface area contributed by atoms with Gasteiger partial charge in [0.1, 0.15) is 11.4 Å². The summed E-state index contributed by atoms with van der Waals surface area (Å²) in [6.07, 6.45) is 0. The lowest BCUT2D eigenvalue weighted by Crippen LogP contribution is -1.95. The van der Waals surface area contributed by atoms with Crippen LogP contribution in [0.1, 0.15) is 0 Å². The summed E-state index contributed by atoms with van der Waals surface area (Å²) >= 11 is 0. The molecule has 0 aliphatic carbocycles. The molecule has 112 valence electrons. The number of hydrogen-bond donors (Lipinski definition) is 0. The Balaban J connectivity index is 1.93. The van der Waals surface area contributed by atoms with Crippen molar-refractivity contribution in [2.45, 2.75) is 0 Å². The van der Waals surface area contributed by atoms with Gasteiger partial charge in [-0.3, -0.25) is 0 Å². The Hall–Kier alpha value is -3.07. The van der Waals surface area contributed by atoms with Crippen molar-refractivity contribution in [3.8, 4) is 22.7 Å². The van der Waals surface area contributed by atoms with Crippen LogP contribution in [0.5, 0.6) is 5.75 Å². The minimum Gasteiger partial charge on any atom is -0.497 e. The first-order chi connectivity index (χ1) is 11.4. The zero-order valence-electron chi connectivity index (χ0n) is 12.8. The summed E-state index contributed by atoms with van der Waals surface area (Å²) in [7, 11) is 1.68. The van der Waals surface area contributed by atoms with Gasteiger partial charge < -0.3 is 4.74 Å². The fraction of sp³-hybridized carbons (Fsp3) is 0.0500. The molecule has 0 saturated heterocycles. The molecule has 3 heteroatoms. The summed E-state index contributed by atoms with van der Waals surface area (Å²) in [4.78, 5) is 0. The number of nitrogens with zero attached hydrogens (tertiary/aromatic N) is 2. The molecule has 4 aromatic rings. The fourth-order valence-electron chi connectivity index (χ4n) is 2.79. The first kappa shape index (κ1) is 13.6. The molecule has 0 atom stereocenters. The average Bonchev–Trinajstić information content (AvgIpc) is 3.02. The van der Waals surface area contributed by atoms with E-state index in [0.29, 0.717) is 0 Å². The predicted octanol–water partition coefficient (Wildman–Crippen LogP) is 4.70. The number of benzene rings is 3. The minimum atomic E-state index is 0.848. The van der Waals surface area contributed by atoms with Crippen LogP contribution in [-0.2, 0) is 0 Å². The minimum absolute atomic E-state index is 0.848. The van der Waals surface area contributed by atoms with Crippen molar-refractivity contribution in [1.29, 1.82) is 0 Å². The number of hydrogen-bond acceptors (Lipinski definition) is 2. The highest BCUT2D eigenvalue weighted by Crippen LogP contribution is 2.30. The molecule has 0 amide bonds. The number of methoxy groups -OCH3 is 1. The lowest BCUT2D eigenvalue weighted by Gasteiger charge is -2.02. The largest absolute Gasteiger partial charge is 0.497 e. The van der Waals surface area contributed by atoms with E-state index in [2.05, 4.69) is 24.3 Å². The van der Waals surface area contributed by atoms with Crippen LogP contribution in [0.4, 0.5) is 0 Å². The molecule has 1 heterocycles. The zero-order chi connectivity index (χ0) is 15.6. The van der Waals surface area contributed by atoms with E-state index in [-0.39, 0.29) is 0 Å². The van der Waals surface area contributed by atoms with Gasteiger partial charge in [-0.25, -0.2) is 4.68 Å². The monoisotopic (exact) mass is 300 g/mol. The maximum Gasteiger partial charge on any atom is 0.118 e. The van der Waals surface area contributed by atoms with Crippen LogP contribution >= 0.6 is 0 Å². The second-order valence-electron chi connectivity index (χ2n) is 5.34. The third-order valence-electron chi connectivity index (χ3n) is 3.95. The van der Waals surface area contributed by atoms with Crippen LogP contribution in [0.3, 0.4) is 0 Å². The van der Waals surface area contributed by atoms with Gasteiger partial charge in [-0.2, -0.15) is 5.10 Å².